The number of hydrogen-bond acceptors (Lipinski definition) is 5. The van der Waals surface area contributed by atoms with Crippen molar-refractivity contribution in [3.05, 3.63) is 85.7 Å². The summed E-state index contributed by atoms with van der Waals surface area (Å²) in [6.07, 6.45) is 1.32. The van der Waals surface area contributed by atoms with Crippen LogP contribution in [0.5, 0.6) is 0 Å². The van der Waals surface area contributed by atoms with Crippen molar-refractivity contribution in [3.8, 4) is 11.3 Å². The zero-order valence-electron chi connectivity index (χ0n) is 14.7. The number of para-hydroxylation sites is 1. The van der Waals surface area contributed by atoms with Crippen LogP contribution in [0.1, 0.15) is 5.76 Å². The van der Waals surface area contributed by atoms with Gasteiger partial charge in [-0.25, -0.2) is 5.01 Å². The van der Waals surface area contributed by atoms with Gasteiger partial charge in [0.05, 0.1) is 16.2 Å². The monoisotopic (exact) mass is 501 g/mol. The lowest BCUT2D eigenvalue weighted by Crippen LogP contribution is -2.35. The average molecular weight is 501 g/mol. The molecule has 29 heavy (non-hydrogen) atoms. The highest BCUT2D eigenvalue weighted by atomic mass is 127. The summed E-state index contributed by atoms with van der Waals surface area (Å²) in [4.78, 5) is 35.7. The van der Waals surface area contributed by atoms with Gasteiger partial charge in [-0.1, -0.05) is 12.1 Å². The molecule has 1 aliphatic rings. The molecule has 2 heterocycles. The Balaban J connectivity index is 1.64. The molecule has 3 aromatic rings. The summed E-state index contributed by atoms with van der Waals surface area (Å²) >= 11 is 2.14. The number of carbonyl (C=O) groups excluding carboxylic acids is 2. The summed E-state index contributed by atoms with van der Waals surface area (Å²) in [6, 6.07) is 16.4. The van der Waals surface area contributed by atoms with Gasteiger partial charge in [-0.2, -0.15) is 0 Å². The fourth-order valence-corrected chi connectivity index (χ4v) is 3.25. The molecular weight excluding hydrogens is 489 g/mol. The van der Waals surface area contributed by atoms with Gasteiger partial charge in [-0.3, -0.25) is 25.1 Å². The Morgan fingerprint density at radius 3 is 2.48 bits per heavy atom. The molecule has 2 aromatic carbocycles. The summed E-state index contributed by atoms with van der Waals surface area (Å²) in [5.74, 6) is -0.567. The quantitative estimate of drug-likeness (QED) is 0.192. The van der Waals surface area contributed by atoms with Gasteiger partial charge < -0.3 is 4.42 Å². The first-order valence-electron chi connectivity index (χ1n) is 8.40. The van der Waals surface area contributed by atoms with Crippen LogP contribution in [0.25, 0.3) is 17.4 Å². The van der Waals surface area contributed by atoms with Crippen LogP contribution in [0, 0.1) is 13.7 Å². The number of nitrogens with one attached hydrogen (secondary N) is 1. The van der Waals surface area contributed by atoms with Crippen LogP contribution in [-0.4, -0.2) is 16.7 Å². The van der Waals surface area contributed by atoms with Crippen molar-refractivity contribution in [2.24, 2.45) is 0 Å². The van der Waals surface area contributed by atoms with Gasteiger partial charge >= 0.3 is 0 Å². The van der Waals surface area contributed by atoms with Gasteiger partial charge in [0.2, 0.25) is 0 Å². The lowest BCUT2D eigenvalue weighted by atomic mass is 10.1. The SMILES string of the molecule is O=C1NN(c2ccc(I)cc2)C(=O)/C1=C/c1ccc(-c2ccccc2[N+](=O)[O-])o1. The van der Waals surface area contributed by atoms with Gasteiger partial charge in [0.1, 0.15) is 17.1 Å². The Morgan fingerprint density at radius 2 is 1.76 bits per heavy atom. The third kappa shape index (κ3) is 3.63. The van der Waals surface area contributed by atoms with E-state index in [1.165, 1.54) is 12.1 Å². The van der Waals surface area contributed by atoms with Crippen molar-refractivity contribution in [1.82, 2.24) is 5.43 Å². The van der Waals surface area contributed by atoms with Crippen LogP contribution in [0.3, 0.4) is 0 Å². The molecule has 144 valence electrons. The van der Waals surface area contributed by atoms with E-state index in [4.69, 9.17) is 4.42 Å². The van der Waals surface area contributed by atoms with Gasteiger partial charge in [0, 0.05) is 9.64 Å². The van der Waals surface area contributed by atoms with Crippen LogP contribution in [0.4, 0.5) is 11.4 Å². The first kappa shape index (κ1) is 18.9. The molecule has 0 spiro atoms. The first-order chi connectivity index (χ1) is 13.9. The van der Waals surface area contributed by atoms with Crippen molar-refractivity contribution < 1.29 is 18.9 Å². The van der Waals surface area contributed by atoms with E-state index in [0.717, 1.165) is 8.58 Å². The summed E-state index contributed by atoms with van der Waals surface area (Å²) in [5.41, 5.74) is 3.17. The van der Waals surface area contributed by atoms with Gasteiger partial charge in [0.25, 0.3) is 17.5 Å². The molecule has 0 unspecified atom stereocenters. The molecule has 1 saturated heterocycles. The molecule has 0 saturated carbocycles. The third-order valence-corrected chi connectivity index (χ3v) is 4.98. The molecule has 1 N–H and O–H groups in total. The van der Waals surface area contributed by atoms with E-state index in [0.29, 0.717) is 11.3 Å². The second-order valence-corrected chi connectivity index (χ2v) is 7.34. The molecule has 0 aliphatic carbocycles. The molecule has 1 fully saturated rings. The fourth-order valence-electron chi connectivity index (χ4n) is 2.89. The zero-order valence-corrected chi connectivity index (χ0v) is 16.8. The number of carbonyl (C=O) groups is 2. The van der Waals surface area contributed by atoms with Gasteiger partial charge in [0.15, 0.2) is 0 Å². The maximum Gasteiger partial charge on any atom is 0.282 e. The smallest absolute Gasteiger partial charge is 0.282 e. The van der Waals surface area contributed by atoms with E-state index in [1.54, 1.807) is 42.5 Å². The van der Waals surface area contributed by atoms with Crippen molar-refractivity contribution in [1.29, 1.82) is 0 Å². The Bertz CT molecular complexity index is 1170. The van der Waals surface area contributed by atoms with Crippen molar-refractivity contribution in [3.63, 3.8) is 0 Å². The molecule has 4 rings (SSSR count). The second kappa shape index (κ2) is 7.51. The maximum absolute atomic E-state index is 12.7. The Labute approximate surface area is 178 Å². The molecule has 8 nitrogen and oxygen atoms in total. The first-order valence-corrected chi connectivity index (χ1v) is 9.48. The molecule has 0 radical (unpaired) electrons. The Kier molecular flexibility index (Phi) is 4.89. The number of rotatable bonds is 4. The summed E-state index contributed by atoms with van der Waals surface area (Å²) in [7, 11) is 0. The highest BCUT2D eigenvalue weighted by Crippen LogP contribution is 2.32. The molecule has 0 bridgehead atoms. The number of hydrogen-bond donors (Lipinski definition) is 1. The van der Waals surface area contributed by atoms with Crippen LogP contribution in [-0.2, 0) is 9.59 Å². The molecular formula is C20H12IN3O5. The van der Waals surface area contributed by atoms with E-state index in [1.807, 2.05) is 12.1 Å². The largest absolute Gasteiger partial charge is 0.456 e. The van der Waals surface area contributed by atoms with E-state index >= 15 is 0 Å². The molecule has 2 amide bonds. The number of halogens is 1. The van der Waals surface area contributed by atoms with Crippen molar-refractivity contribution in [2.45, 2.75) is 0 Å². The number of furan rings is 1. The third-order valence-electron chi connectivity index (χ3n) is 4.26. The van der Waals surface area contributed by atoms with E-state index in [2.05, 4.69) is 28.0 Å². The zero-order chi connectivity index (χ0) is 20.5. The van der Waals surface area contributed by atoms with Crippen molar-refractivity contribution in [2.75, 3.05) is 5.01 Å². The van der Waals surface area contributed by atoms with E-state index in [-0.39, 0.29) is 22.8 Å². The predicted octanol–water partition coefficient (Wildman–Crippen LogP) is 3.92. The standard InChI is InChI=1S/C20H12IN3O5/c21-12-5-7-13(8-6-12)23-20(26)16(19(25)22-23)11-14-9-10-18(29-14)15-3-1-2-4-17(15)24(27)28/h1-11H,(H,22,25)/b16-11+. The number of anilines is 1. The Morgan fingerprint density at radius 1 is 1.03 bits per heavy atom. The van der Waals surface area contributed by atoms with Crippen LogP contribution in [0.2, 0.25) is 0 Å². The number of nitrogens with zero attached hydrogens (tertiary/aromatic N) is 2. The summed E-state index contributed by atoms with van der Waals surface area (Å²) in [5, 5.41) is 12.4. The Hall–Kier alpha value is -3.47. The number of amides is 2. The van der Waals surface area contributed by atoms with Crippen LogP contribution >= 0.6 is 22.6 Å². The molecule has 1 aliphatic heterocycles. The normalized spacial score (nSPS) is 15.1. The molecule has 9 heteroatoms. The average Bonchev–Trinajstić information content (AvgIpc) is 3.29. The van der Waals surface area contributed by atoms with Gasteiger partial charge in [-0.05, 0) is 71.1 Å². The predicted molar refractivity (Wildman–Crippen MR) is 114 cm³/mol. The summed E-state index contributed by atoms with van der Waals surface area (Å²) in [6.45, 7) is 0. The lowest BCUT2D eigenvalue weighted by Gasteiger charge is -2.14. The van der Waals surface area contributed by atoms with Crippen molar-refractivity contribution >= 4 is 51.9 Å². The maximum atomic E-state index is 12.7. The minimum absolute atomic E-state index is 0.0907. The fraction of sp³-hybridized carbons (Fsp3) is 0. The summed E-state index contributed by atoms with van der Waals surface area (Å²) < 4.78 is 6.64. The molecule has 0 atom stereocenters. The number of benzene rings is 2. The highest BCUT2D eigenvalue weighted by Gasteiger charge is 2.34. The second-order valence-electron chi connectivity index (χ2n) is 6.09. The number of hydrazine groups is 1. The molecule has 1 aromatic heterocycles. The number of nitro benzene ring substituents is 1. The van der Waals surface area contributed by atoms with E-state index < -0.39 is 16.7 Å². The van der Waals surface area contributed by atoms with Gasteiger partial charge in [-0.15, -0.1) is 0 Å². The number of nitro groups is 1. The lowest BCUT2D eigenvalue weighted by molar-refractivity contribution is -0.384. The van der Waals surface area contributed by atoms with Crippen LogP contribution in [0.15, 0.2) is 70.7 Å². The minimum Gasteiger partial charge on any atom is -0.456 e. The van der Waals surface area contributed by atoms with Crippen LogP contribution < -0.4 is 10.4 Å². The minimum atomic E-state index is -0.558. The topological polar surface area (TPSA) is 106 Å². The highest BCUT2D eigenvalue weighted by molar-refractivity contribution is 14.1. The van der Waals surface area contributed by atoms with E-state index in [9.17, 15) is 19.7 Å².